The van der Waals surface area contributed by atoms with Gasteiger partial charge in [0, 0.05) is 11.9 Å². The van der Waals surface area contributed by atoms with Crippen molar-refractivity contribution < 1.29 is 9.50 Å². The van der Waals surface area contributed by atoms with Crippen LogP contribution in [-0.2, 0) is 0 Å². The average molecular weight is 173 g/mol. The van der Waals surface area contributed by atoms with Crippen LogP contribution in [-0.4, -0.2) is 22.5 Å². The quantitative estimate of drug-likeness (QED) is 0.699. The number of aliphatic hydroxyl groups excluding tert-OH is 1. The molecule has 1 N–H and O–H groups in total. The highest BCUT2D eigenvalue weighted by molar-refractivity contribution is 7.99. The maximum Gasteiger partial charge on any atom is 0.155 e. The van der Waals surface area contributed by atoms with Crippen molar-refractivity contribution in [2.24, 2.45) is 0 Å². The number of hydrogen-bond donors (Lipinski definition) is 1. The van der Waals surface area contributed by atoms with Crippen LogP contribution in [0, 0.1) is 5.82 Å². The van der Waals surface area contributed by atoms with Gasteiger partial charge in [0.05, 0.1) is 6.61 Å². The van der Waals surface area contributed by atoms with Gasteiger partial charge in [-0.15, -0.1) is 11.8 Å². The van der Waals surface area contributed by atoms with E-state index in [2.05, 4.69) is 4.98 Å². The Morgan fingerprint density at radius 2 is 2.45 bits per heavy atom. The molecule has 0 aliphatic rings. The topological polar surface area (TPSA) is 33.1 Å². The molecule has 11 heavy (non-hydrogen) atoms. The molecule has 0 radical (unpaired) electrons. The fourth-order valence-corrected chi connectivity index (χ4v) is 1.25. The van der Waals surface area contributed by atoms with Crippen LogP contribution >= 0.6 is 11.8 Å². The number of rotatable bonds is 3. The zero-order chi connectivity index (χ0) is 8.10. The third-order valence-corrected chi connectivity index (χ3v) is 2.02. The molecule has 1 rings (SSSR count). The molecule has 0 amide bonds. The van der Waals surface area contributed by atoms with Gasteiger partial charge in [0.15, 0.2) is 5.82 Å². The smallest absolute Gasteiger partial charge is 0.155 e. The van der Waals surface area contributed by atoms with Gasteiger partial charge >= 0.3 is 0 Å². The van der Waals surface area contributed by atoms with Crippen molar-refractivity contribution in [3.63, 3.8) is 0 Å². The lowest BCUT2D eigenvalue weighted by atomic mass is 10.5. The second-order valence-corrected chi connectivity index (χ2v) is 2.95. The Hall–Kier alpha value is -0.610. The van der Waals surface area contributed by atoms with Crippen LogP contribution in [0.25, 0.3) is 0 Å². The van der Waals surface area contributed by atoms with E-state index >= 15 is 0 Å². The van der Waals surface area contributed by atoms with Crippen LogP contribution in [0.5, 0.6) is 0 Å². The van der Waals surface area contributed by atoms with Crippen molar-refractivity contribution in [2.75, 3.05) is 12.4 Å². The van der Waals surface area contributed by atoms with E-state index in [-0.39, 0.29) is 12.4 Å². The molecule has 4 heteroatoms. The summed E-state index contributed by atoms with van der Waals surface area (Å²) in [5.74, 6) is 0.152. The number of pyridine rings is 1. The average Bonchev–Trinajstić information content (AvgIpc) is 2.03. The van der Waals surface area contributed by atoms with Gasteiger partial charge in [-0.05, 0) is 12.1 Å². The third kappa shape index (κ3) is 2.48. The van der Waals surface area contributed by atoms with Crippen LogP contribution in [0.1, 0.15) is 0 Å². The van der Waals surface area contributed by atoms with Gasteiger partial charge in [0.25, 0.3) is 0 Å². The highest BCUT2D eigenvalue weighted by atomic mass is 32.2. The first-order chi connectivity index (χ1) is 5.34. The number of aromatic nitrogens is 1. The van der Waals surface area contributed by atoms with Crippen molar-refractivity contribution in [1.29, 1.82) is 0 Å². The van der Waals surface area contributed by atoms with E-state index in [9.17, 15) is 4.39 Å². The van der Waals surface area contributed by atoms with Crippen molar-refractivity contribution in [3.05, 3.63) is 24.1 Å². The summed E-state index contributed by atoms with van der Waals surface area (Å²) in [6.45, 7) is 0.0423. The zero-order valence-corrected chi connectivity index (χ0v) is 6.64. The SMILES string of the molecule is OCCSc1ncccc1F. The molecule has 2 nitrogen and oxygen atoms in total. The molecular weight excluding hydrogens is 165 g/mol. The fraction of sp³-hybridized carbons (Fsp3) is 0.286. The van der Waals surface area contributed by atoms with E-state index in [0.717, 1.165) is 0 Å². The van der Waals surface area contributed by atoms with E-state index in [1.807, 2.05) is 0 Å². The molecule has 1 aromatic rings. The molecule has 1 aromatic heterocycles. The fourth-order valence-electron chi connectivity index (χ4n) is 0.620. The Kier molecular flexibility index (Phi) is 3.32. The van der Waals surface area contributed by atoms with Crippen molar-refractivity contribution >= 4 is 11.8 Å². The van der Waals surface area contributed by atoms with E-state index in [1.165, 1.54) is 24.0 Å². The number of nitrogens with zero attached hydrogens (tertiary/aromatic N) is 1. The summed E-state index contributed by atoms with van der Waals surface area (Å²) < 4.78 is 12.7. The first-order valence-electron chi connectivity index (χ1n) is 3.19. The standard InChI is InChI=1S/C7H8FNOS/c8-6-2-1-3-9-7(6)11-5-4-10/h1-3,10H,4-5H2. The van der Waals surface area contributed by atoms with E-state index in [1.54, 1.807) is 6.07 Å². The van der Waals surface area contributed by atoms with Crippen LogP contribution in [0.15, 0.2) is 23.4 Å². The molecule has 0 unspecified atom stereocenters. The van der Waals surface area contributed by atoms with Gasteiger partial charge in [-0.1, -0.05) is 0 Å². The van der Waals surface area contributed by atoms with Crippen LogP contribution < -0.4 is 0 Å². The minimum atomic E-state index is -0.328. The lowest BCUT2D eigenvalue weighted by Crippen LogP contribution is -1.90. The maximum atomic E-state index is 12.7. The monoisotopic (exact) mass is 173 g/mol. The summed E-state index contributed by atoms with van der Waals surface area (Å²) in [7, 11) is 0. The molecule has 0 atom stereocenters. The second kappa shape index (κ2) is 4.31. The molecule has 0 saturated heterocycles. The minimum absolute atomic E-state index is 0.0423. The third-order valence-electron chi connectivity index (χ3n) is 1.05. The Bertz CT molecular complexity index is 231. The van der Waals surface area contributed by atoms with Crippen LogP contribution in [0.3, 0.4) is 0 Å². The van der Waals surface area contributed by atoms with Crippen molar-refractivity contribution in [2.45, 2.75) is 5.03 Å². The highest BCUT2D eigenvalue weighted by Gasteiger charge is 2.00. The van der Waals surface area contributed by atoms with Gasteiger partial charge in [0.1, 0.15) is 5.03 Å². The lowest BCUT2D eigenvalue weighted by molar-refractivity contribution is 0.322. The molecule has 0 spiro atoms. The first-order valence-corrected chi connectivity index (χ1v) is 4.17. The van der Waals surface area contributed by atoms with Gasteiger partial charge in [-0.2, -0.15) is 0 Å². The minimum Gasteiger partial charge on any atom is -0.396 e. The van der Waals surface area contributed by atoms with E-state index < -0.39 is 0 Å². The molecule has 0 fully saturated rings. The summed E-state index contributed by atoms with van der Waals surface area (Å²) >= 11 is 1.21. The predicted octanol–water partition coefficient (Wildman–Crippen LogP) is 1.31. The number of hydrogen-bond acceptors (Lipinski definition) is 3. The normalized spacial score (nSPS) is 10.0. The molecule has 0 aliphatic carbocycles. The molecule has 1 heterocycles. The largest absolute Gasteiger partial charge is 0.396 e. The zero-order valence-electron chi connectivity index (χ0n) is 5.83. The summed E-state index contributed by atoms with van der Waals surface area (Å²) in [6.07, 6.45) is 1.53. The Morgan fingerprint density at radius 3 is 3.09 bits per heavy atom. The molecule has 0 aliphatic heterocycles. The maximum absolute atomic E-state index is 12.7. The number of thioether (sulfide) groups is 1. The van der Waals surface area contributed by atoms with Crippen molar-refractivity contribution in [3.8, 4) is 0 Å². The summed E-state index contributed by atoms with van der Waals surface area (Å²) in [5, 5.41) is 8.80. The summed E-state index contributed by atoms with van der Waals surface area (Å²) in [4.78, 5) is 3.79. The van der Waals surface area contributed by atoms with Gasteiger partial charge in [0.2, 0.25) is 0 Å². The van der Waals surface area contributed by atoms with E-state index in [4.69, 9.17) is 5.11 Å². The summed E-state index contributed by atoms with van der Waals surface area (Å²) in [5.41, 5.74) is 0. The van der Waals surface area contributed by atoms with Gasteiger partial charge < -0.3 is 5.11 Å². The van der Waals surface area contributed by atoms with Gasteiger partial charge in [-0.25, -0.2) is 9.37 Å². The lowest BCUT2D eigenvalue weighted by Gasteiger charge is -1.97. The van der Waals surface area contributed by atoms with Gasteiger partial charge in [-0.3, -0.25) is 0 Å². The van der Waals surface area contributed by atoms with Crippen molar-refractivity contribution in [1.82, 2.24) is 4.98 Å². The Labute approximate surface area is 68.5 Å². The second-order valence-electron chi connectivity index (χ2n) is 1.86. The molecule has 0 saturated carbocycles. The van der Waals surface area contributed by atoms with Crippen LogP contribution in [0.4, 0.5) is 4.39 Å². The first kappa shape index (κ1) is 8.49. The van der Waals surface area contributed by atoms with E-state index in [0.29, 0.717) is 10.8 Å². The molecule has 60 valence electrons. The van der Waals surface area contributed by atoms with Crippen LogP contribution in [0.2, 0.25) is 0 Å². The molecular formula is C7H8FNOS. The Morgan fingerprint density at radius 1 is 1.64 bits per heavy atom. The summed E-state index contributed by atoms with van der Waals surface area (Å²) in [6, 6.07) is 2.89. The molecule has 0 bridgehead atoms. The highest BCUT2D eigenvalue weighted by Crippen LogP contribution is 2.17. The predicted molar refractivity (Wildman–Crippen MR) is 42.0 cm³/mol. The number of aliphatic hydroxyl groups is 1. The number of halogens is 1. The Balaban J connectivity index is 2.62. The molecule has 0 aromatic carbocycles.